The average molecular weight is 325 g/mol. The molecule has 0 bridgehead atoms. The second kappa shape index (κ2) is 10.5. The number of hydrogen-bond donors (Lipinski definition) is 1. The smallest absolute Gasteiger partial charge is 0.741 e. The maximum Gasteiger partial charge on any atom is 2.00 e. The largest absolute Gasteiger partial charge is 2.00 e. The van der Waals surface area contributed by atoms with Gasteiger partial charge in [-0.2, -0.15) is 15.3 Å². The molecule has 0 radical (unpaired) electrons. The molecule has 0 aliphatic rings. The van der Waals surface area contributed by atoms with E-state index in [1.165, 1.54) is 7.11 Å². The van der Waals surface area contributed by atoms with Crippen molar-refractivity contribution in [1.82, 2.24) is 5.32 Å². The fraction of sp³-hybridized carbons (Fsp3) is 0.500. The first-order chi connectivity index (χ1) is 7.51. The summed E-state index contributed by atoms with van der Waals surface area (Å²) in [5.41, 5.74) is 1.18. The standard InChI is InChI=1S/C8H15N5OS2.Zn/c1-5(10-12-7(15)9-3)6(2)11-13-8(16)14-4;/h1-4H3,(H,13,16)(H2,9,12,15);/q;+2/p-2/b10-5+,11-6+;. The molecule has 0 heterocycles. The first-order valence-electron chi connectivity index (χ1n) is 4.32. The third kappa shape index (κ3) is 9.08. The first-order valence-corrected chi connectivity index (χ1v) is 5.13. The molecular formula is C8H13N5OS2Zn. The maximum absolute atomic E-state index is 4.80. The Hall–Kier alpha value is -0.657. The number of amidine groups is 1. The summed E-state index contributed by atoms with van der Waals surface area (Å²) in [5.74, 6) is 0. The Morgan fingerprint density at radius 3 is 1.88 bits per heavy atom. The van der Waals surface area contributed by atoms with Crippen LogP contribution < -0.4 is 5.32 Å². The van der Waals surface area contributed by atoms with Crippen molar-refractivity contribution in [3.8, 4) is 0 Å². The minimum absolute atomic E-state index is 0. The maximum atomic E-state index is 4.80. The molecule has 0 unspecified atom stereocenters. The second-order valence-corrected chi connectivity index (χ2v) is 3.33. The van der Waals surface area contributed by atoms with E-state index in [-0.39, 0.29) is 24.7 Å². The molecule has 0 aromatic carbocycles. The molecular weight excluding hydrogens is 312 g/mol. The molecule has 0 rings (SSSR count). The number of nitrogens with one attached hydrogen (secondary N) is 1. The zero-order valence-electron chi connectivity index (χ0n) is 10.2. The molecule has 0 spiro atoms. The Labute approximate surface area is 125 Å². The summed E-state index contributed by atoms with van der Waals surface area (Å²) in [6.07, 6.45) is 0. The summed E-state index contributed by atoms with van der Waals surface area (Å²) < 4.78 is 4.66. The van der Waals surface area contributed by atoms with E-state index in [1.54, 1.807) is 20.9 Å². The molecule has 0 fully saturated rings. The quantitative estimate of drug-likeness (QED) is 0.268. The van der Waals surface area contributed by atoms with Gasteiger partial charge >= 0.3 is 19.5 Å². The third-order valence-corrected chi connectivity index (χ3v) is 2.02. The van der Waals surface area contributed by atoms with E-state index >= 15 is 0 Å². The molecule has 0 aromatic heterocycles. The van der Waals surface area contributed by atoms with Crippen LogP contribution in [-0.2, 0) is 49.5 Å². The van der Waals surface area contributed by atoms with Crippen molar-refractivity contribution in [2.75, 3.05) is 14.2 Å². The van der Waals surface area contributed by atoms with Crippen molar-refractivity contribution in [2.24, 2.45) is 20.4 Å². The number of hydrogen-bond acceptors (Lipinski definition) is 7. The summed E-state index contributed by atoms with van der Waals surface area (Å²) in [6.45, 7) is 3.48. The molecule has 90 valence electrons. The van der Waals surface area contributed by atoms with E-state index in [2.05, 4.69) is 30.5 Å². The van der Waals surface area contributed by atoms with Gasteiger partial charge in [0.05, 0.1) is 23.8 Å². The van der Waals surface area contributed by atoms with Crippen LogP contribution in [-0.4, -0.2) is 36.0 Å². The summed E-state index contributed by atoms with van der Waals surface area (Å²) in [6, 6.07) is 0. The molecule has 0 saturated carbocycles. The number of ether oxygens (including phenoxy) is 1. The van der Waals surface area contributed by atoms with E-state index < -0.39 is 0 Å². The molecule has 17 heavy (non-hydrogen) atoms. The van der Waals surface area contributed by atoms with Gasteiger partial charge in [0.25, 0.3) is 0 Å². The Kier molecular flexibility index (Phi) is 11.5. The predicted molar refractivity (Wildman–Crippen MR) is 71.9 cm³/mol. The van der Waals surface area contributed by atoms with Gasteiger partial charge in [-0.25, -0.2) is 0 Å². The van der Waals surface area contributed by atoms with Crippen LogP contribution in [0.25, 0.3) is 0 Å². The van der Waals surface area contributed by atoms with Crippen molar-refractivity contribution in [2.45, 2.75) is 13.8 Å². The molecule has 0 atom stereocenters. The van der Waals surface area contributed by atoms with Crippen LogP contribution in [0, 0.1) is 0 Å². The number of rotatable bonds is 3. The van der Waals surface area contributed by atoms with Crippen LogP contribution in [0.15, 0.2) is 20.4 Å². The molecule has 0 aliphatic heterocycles. The van der Waals surface area contributed by atoms with Gasteiger partial charge in [-0.05, 0) is 19.0 Å². The molecule has 0 amide bonds. The fourth-order valence-corrected chi connectivity index (χ4v) is 0.553. The summed E-state index contributed by atoms with van der Waals surface area (Å²) in [5, 5.41) is 18.1. The molecule has 6 nitrogen and oxygen atoms in total. The van der Waals surface area contributed by atoms with Gasteiger partial charge in [-0.3, -0.25) is 0 Å². The van der Waals surface area contributed by atoms with Crippen molar-refractivity contribution in [3.05, 3.63) is 0 Å². The van der Waals surface area contributed by atoms with E-state index in [9.17, 15) is 0 Å². The first kappa shape index (κ1) is 18.7. The monoisotopic (exact) mass is 323 g/mol. The van der Waals surface area contributed by atoms with Crippen LogP contribution >= 0.6 is 0 Å². The predicted octanol–water partition coefficient (Wildman–Crippen LogP) is 0.407. The fourth-order valence-electron chi connectivity index (χ4n) is 0.472. The Morgan fingerprint density at radius 2 is 1.47 bits per heavy atom. The zero-order valence-corrected chi connectivity index (χ0v) is 14.8. The number of methoxy groups -OCH3 is 1. The van der Waals surface area contributed by atoms with Crippen LogP contribution in [0.5, 0.6) is 0 Å². The van der Waals surface area contributed by atoms with Crippen LogP contribution in [0.1, 0.15) is 13.8 Å². The summed E-state index contributed by atoms with van der Waals surface area (Å²) in [4.78, 5) is 0. The molecule has 0 aromatic rings. The van der Waals surface area contributed by atoms with E-state index in [0.717, 1.165) is 0 Å². The van der Waals surface area contributed by atoms with Gasteiger partial charge in [0.15, 0.2) is 0 Å². The van der Waals surface area contributed by atoms with Crippen LogP contribution in [0.4, 0.5) is 0 Å². The van der Waals surface area contributed by atoms with Crippen molar-refractivity contribution >= 4 is 47.1 Å². The third-order valence-electron chi connectivity index (χ3n) is 1.48. The second-order valence-electron chi connectivity index (χ2n) is 2.60. The average Bonchev–Trinajstić information content (AvgIpc) is 2.31. The summed E-state index contributed by atoms with van der Waals surface area (Å²) >= 11 is 9.49. The molecule has 9 heteroatoms. The number of nitrogens with zero attached hydrogens (tertiary/aromatic N) is 4. The molecule has 0 saturated heterocycles. The zero-order chi connectivity index (χ0) is 12.6. The van der Waals surface area contributed by atoms with E-state index in [1.807, 2.05) is 0 Å². The van der Waals surface area contributed by atoms with Gasteiger partial charge in [0.2, 0.25) is 0 Å². The van der Waals surface area contributed by atoms with Gasteiger partial charge in [0.1, 0.15) is 0 Å². The van der Waals surface area contributed by atoms with E-state index in [0.29, 0.717) is 16.6 Å². The van der Waals surface area contributed by atoms with Crippen LogP contribution in [0.3, 0.4) is 0 Å². The summed E-state index contributed by atoms with van der Waals surface area (Å²) in [7, 11) is 3.10. The van der Waals surface area contributed by atoms with Crippen LogP contribution in [0.2, 0.25) is 0 Å². The minimum Gasteiger partial charge on any atom is -0.741 e. The van der Waals surface area contributed by atoms with Gasteiger partial charge in [-0.1, -0.05) is 0 Å². The van der Waals surface area contributed by atoms with Crippen molar-refractivity contribution < 1.29 is 24.2 Å². The Balaban J connectivity index is 0. The normalized spacial score (nSPS) is 14.1. The topological polar surface area (TPSA) is 70.7 Å². The minimum atomic E-state index is 0. The Morgan fingerprint density at radius 1 is 1.00 bits per heavy atom. The van der Waals surface area contributed by atoms with Gasteiger partial charge < -0.3 is 35.3 Å². The van der Waals surface area contributed by atoms with Crippen molar-refractivity contribution in [3.63, 3.8) is 0 Å². The van der Waals surface area contributed by atoms with E-state index in [4.69, 9.17) is 25.3 Å². The van der Waals surface area contributed by atoms with Crippen molar-refractivity contribution in [1.29, 1.82) is 0 Å². The molecule has 1 N–H and O–H groups in total. The van der Waals surface area contributed by atoms with Gasteiger partial charge in [0, 0.05) is 7.05 Å². The Bertz CT molecular complexity index is 320. The van der Waals surface area contributed by atoms with Gasteiger partial charge in [-0.15, -0.1) is 5.10 Å². The SMILES string of the molecule is CN/C([S-])=N/N=C(C)/C(C)=N/N=C(\[S-])OC.[Zn+2]. The molecule has 0 aliphatic carbocycles.